The highest BCUT2D eigenvalue weighted by molar-refractivity contribution is 5.82. The third-order valence-electron chi connectivity index (χ3n) is 1.83. The van der Waals surface area contributed by atoms with Crippen molar-refractivity contribution in [1.29, 1.82) is 0 Å². The number of nitrogens with two attached hydrogens (primary N) is 1. The number of aromatic nitrogens is 2. The number of nitrogens with one attached hydrogen (secondary N) is 2. The summed E-state index contributed by atoms with van der Waals surface area (Å²) in [5, 5.41) is 2.83. The van der Waals surface area contributed by atoms with E-state index in [0.29, 0.717) is 6.42 Å². The lowest BCUT2D eigenvalue weighted by Crippen LogP contribution is -2.49. The first-order chi connectivity index (χ1) is 6.88. The van der Waals surface area contributed by atoms with Crippen LogP contribution in [0.4, 0.5) is 0 Å². The van der Waals surface area contributed by atoms with E-state index in [4.69, 9.17) is 5.73 Å². The number of hydrogen-bond acceptors (Lipinski definition) is 3. The van der Waals surface area contributed by atoms with Gasteiger partial charge in [-0.25, -0.2) is 4.98 Å². The Morgan fingerprint density at radius 2 is 2.33 bits per heavy atom. The van der Waals surface area contributed by atoms with E-state index in [9.17, 15) is 4.79 Å². The Morgan fingerprint density at radius 1 is 1.67 bits per heavy atom. The lowest BCUT2D eigenvalue weighted by atomic mass is 10.1. The lowest BCUT2D eigenvalue weighted by Gasteiger charge is -2.22. The van der Waals surface area contributed by atoms with Gasteiger partial charge in [0, 0.05) is 23.9 Å². The summed E-state index contributed by atoms with van der Waals surface area (Å²) in [7, 11) is 0. The highest BCUT2D eigenvalue weighted by atomic mass is 16.2. The smallest absolute Gasteiger partial charge is 0.237 e. The maximum Gasteiger partial charge on any atom is 0.237 e. The second kappa shape index (κ2) is 4.44. The van der Waals surface area contributed by atoms with Crippen LogP contribution in [0.15, 0.2) is 12.5 Å². The molecule has 0 bridgehead atoms. The summed E-state index contributed by atoms with van der Waals surface area (Å²) in [6.45, 7) is 5.77. The highest BCUT2D eigenvalue weighted by Crippen LogP contribution is 2.01. The molecule has 1 amide bonds. The molecule has 5 heteroatoms. The molecule has 1 atom stereocenters. The number of rotatable bonds is 3. The Kier molecular flexibility index (Phi) is 3.47. The van der Waals surface area contributed by atoms with Crippen LogP contribution in [0.3, 0.4) is 0 Å². The highest BCUT2D eigenvalue weighted by Gasteiger charge is 2.20. The van der Waals surface area contributed by atoms with Crippen molar-refractivity contribution < 1.29 is 4.79 Å². The first kappa shape index (κ1) is 11.7. The zero-order valence-corrected chi connectivity index (χ0v) is 9.37. The SMILES string of the molecule is CC(C)(C)NC(=O)C(N)Cc1cnc[nH]1. The number of imidazole rings is 1. The Labute approximate surface area is 89.5 Å². The summed E-state index contributed by atoms with van der Waals surface area (Å²) in [6.07, 6.45) is 3.72. The van der Waals surface area contributed by atoms with E-state index in [-0.39, 0.29) is 11.4 Å². The molecule has 0 spiro atoms. The maximum absolute atomic E-state index is 11.6. The molecule has 1 aromatic heterocycles. The number of carbonyl (C=O) groups is 1. The minimum Gasteiger partial charge on any atom is -0.350 e. The van der Waals surface area contributed by atoms with Gasteiger partial charge in [-0.05, 0) is 20.8 Å². The molecule has 0 aliphatic rings. The Bertz CT molecular complexity index is 313. The van der Waals surface area contributed by atoms with Crippen molar-refractivity contribution in [2.75, 3.05) is 0 Å². The minimum atomic E-state index is -0.537. The molecule has 0 saturated carbocycles. The van der Waals surface area contributed by atoms with Crippen LogP contribution in [0.25, 0.3) is 0 Å². The molecule has 1 heterocycles. The Morgan fingerprint density at radius 3 is 2.80 bits per heavy atom. The Hall–Kier alpha value is -1.36. The third-order valence-corrected chi connectivity index (χ3v) is 1.83. The van der Waals surface area contributed by atoms with Crippen molar-refractivity contribution in [2.45, 2.75) is 38.8 Å². The van der Waals surface area contributed by atoms with Crippen LogP contribution in [0, 0.1) is 0 Å². The quantitative estimate of drug-likeness (QED) is 0.666. The average Bonchev–Trinajstić information content (AvgIpc) is 2.53. The van der Waals surface area contributed by atoms with Gasteiger partial charge >= 0.3 is 0 Å². The number of hydrogen-bond donors (Lipinski definition) is 3. The predicted octanol–water partition coefficient (Wildman–Crippen LogP) is 0.194. The lowest BCUT2D eigenvalue weighted by molar-refractivity contribution is -0.123. The van der Waals surface area contributed by atoms with Gasteiger partial charge in [-0.2, -0.15) is 0 Å². The van der Waals surface area contributed by atoms with Crippen molar-refractivity contribution in [3.05, 3.63) is 18.2 Å². The number of aromatic amines is 1. The minimum absolute atomic E-state index is 0.142. The van der Waals surface area contributed by atoms with E-state index in [1.165, 1.54) is 0 Å². The van der Waals surface area contributed by atoms with Crippen LogP contribution in [0.2, 0.25) is 0 Å². The number of carbonyl (C=O) groups excluding carboxylic acids is 1. The van der Waals surface area contributed by atoms with E-state index in [1.54, 1.807) is 12.5 Å². The third kappa shape index (κ3) is 4.12. The molecule has 15 heavy (non-hydrogen) atoms. The summed E-state index contributed by atoms with van der Waals surface area (Å²) in [4.78, 5) is 18.4. The second-order valence-electron chi connectivity index (χ2n) is 4.63. The van der Waals surface area contributed by atoms with Crippen LogP contribution in [0.1, 0.15) is 26.5 Å². The van der Waals surface area contributed by atoms with Crippen molar-refractivity contribution >= 4 is 5.91 Å². The summed E-state index contributed by atoms with van der Waals surface area (Å²) in [5.41, 5.74) is 6.38. The molecule has 0 fully saturated rings. The first-order valence-electron chi connectivity index (χ1n) is 4.93. The molecule has 84 valence electrons. The predicted molar refractivity (Wildman–Crippen MR) is 58.2 cm³/mol. The van der Waals surface area contributed by atoms with Crippen LogP contribution in [-0.2, 0) is 11.2 Å². The summed E-state index contributed by atoms with van der Waals surface area (Å²) in [6, 6.07) is -0.537. The van der Waals surface area contributed by atoms with E-state index >= 15 is 0 Å². The molecule has 0 saturated heterocycles. The van der Waals surface area contributed by atoms with Gasteiger partial charge in [0.05, 0.1) is 12.4 Å². The maximum atomic E-state index is 11.6. The van der Waals surface area contributed by atoms with E-state index < -0.39 is 6.04 Å². The normalized spacial score (nSPS) is 13.6. The van der Waals surface area contributed by atoms with Crippen LogP contribution >= 0.6 is 0 Å². The van der Waals surface area contributed by atoms with Gasteiger partial charge < -0.3 is 16.0 Å². The largest absolute Gasteiger partial charge is 0.350 e. The van der Waals surface area contributed by atoms with Crippen molar-refractivity contribution in [3.63, 3.8) is 0 Å². The number of amides is 1. The second-order valence-corrected chi connectivity index (χ2v) is 4.63. The molecule has 5 nitrogen and oxygen atoms in total. The molecule has 0 aliphatic carbocycles. The zero-order chi connectivity index (χ0) is 11.5. The average molecular weight is 210 g/mol. The molecular weight excluding hydrogens is 192 g/mol. The molecule has 0 radical (unpaired) electrons. The number of H-pyrrole nitrogens is 1. The molecule has 4 N–H and O–H groups in total. The standard InChI is InChI=1S/C10H18N4O/c1-10(2,3)14-9(15)8(11)4-7-5-12-6-13-7/h5-6,8H,4,11H2,1-3H3,(H,12,13)(H,14,15). The van der Waals surface area contributed by atoms with Gasteiger partial charge in [0.25, 0.3) is 0 Å². The molecule has 0 aromatic carbocycles. The fourth-order valence-corrected chi connectivity index (χ4v) is 1.19. The fourth-order valence-electron chi connectivity index (χ4n) is 1.19. The summed E-state index contributed by atoms with van der Waals surface area (Å²) in [5.74, 6) is -0.142. The van der Waals surface area contributed by atoms with Crippen LogP contribution < -0.4 is 11.1 Å². The molecule has 1 unspecified atom stereocenters. The molecule has 1 aromatic rings. The molecule has 1 rings (SSSR count). The van der Waals surface area contributed by atoms with E-state index in [2.05, 4.69) is 15.3 Å². The molecule has 0 aliphatic heterocycles. The van der Waals surface area contributed by atoms with E-state index in [1.807, 2.05) is 20.8 Å². The van der Waals surface area contributed by atoms with Crippen LogP contribution in [0.5, 0.6) is 0 Å². The van der Waals surface area contributed by atoms with E-state index in [0.717, 1.165) is 5.69 Å². The van der Waals surface area contributed by atoms with Gasteiger partial charge in [0.2, 0.25) is 5.91 Å². The van der Waals surface area contributed by atoms with Gasteiger partial charge in [-0.1, -0.05) is 0 Å². The van der Waals surface area contributed by atoms with Gasteiger partial charge in [0.1, 0.15) is 0 Å². The van der Waals surface area contributed by atoms with Gasteiger partial charge in [-0.15, -0.1) is 0 Å². The van der Waals surface area contributed by atoms with Gasteiger partial charge in [0.15, 0.2) is 0 Å². The summed E-state index contributed by atoms with van der Waals surface area (Å²) < 4.78 is 0. The Balaban J connectivity index is 2.47. The first-order valence-corrected chi connectivity index (χ1v) is 4.93. The van der Waals surface area contributed by atoms with Crippen molar-refractivity contribution in [3.8, 4) is 0 Å². The summed E-state index contributed by atoms with van der Waals surface area (Å²) >= 11 is 0. The monoisotopic (exact) mass is 210 g/mol. The number of nitrogens with zero attached hydrogens (tertiary/aromatic N) is 1. The van der Waals surface area contributed by atoms with Gasteiger partial charge in [-0.3, -0.25) is 4.79 Å². The van der Waals surface area contributed by atoms with Crippen molar-refractivity contribution in [1.82, 2.24) is 15.3 Å². The zero-order valence-electron chi connectivity index (χ0n) is 9.37. The fraction of sp³-hybridized carbons (Fsp3) is 0.600. The molecular formula is C10H18N4O. The van der Waals surface area contributed by atoms with Crippen LogP contribution in [-0.4, -0.2) is 27.5 Å². The van der Waals surface area contributed by atoms with Crippen molar-refractivity contribution in [2.24, 2.45) is 5.73 Å². The topological polar surface area (TPSA) is 83.8 Å².